The van der Waals surface area contributed by atoms with Crippen molar-refractivity contribution in [1.82, 2.24) is 0 Å². The summed E-state index contributed by atoms with van der Waals surface area (Å²) in [6.07, 6.45) is 2.43. The molecule has 1 saturated carbocycles. The Morgan fingerprint density at radius 1 is 1.25 bits per heavy atom. The number of hydrogen-bond acceptors (Lipinski definition) is 4. The van der Waals surface area contributed by atoms with E-state index in [0.29, 0.717) is 5.92 Å². The van der Waals surface area contributed by atoms with Crippen LogP contribution in [0.1, 0.15) is 23.8 Å². The van der Waals surface area contributed by atoms with Crippen LogP contribution in [-0.4, -0.2) is 8.42 Å². The van der Waals surface area contributed by atoms with Crippen molar-refractivity contribution in [2.24, 2.45) is 11.1 Å². The summed E-state index contributed by atoms with van der Waals surface area (Å²) in [4.78, 5) is 1.43. The van der Waals surface area contributed by atoms with Crippen molar-refractivity contribution in [3.05, 3.63) is 46.7 Å². The monoisotopic (exact) mass is 308 g/mol. The highest BCUT2D eigenvalue weighted by Crippen LogP contribution is 2.44. The van der Waals surface area contributed by atoms with E-state index < -0.39 is 10.0 Å². The highest BCUT2D eigenvalue weighted by atomic mass is 32.2. The fraction of sp³-hybridized carbons (Fsp3) is 0.286. The molecule has 1 aromatic heterocycles. The Morgan fingerprint density at radius 3 is 2.65 bits per heavy atom. The van der Waals surface area contributed by atoms with E-state index in [1.54, 1.807) is 23.5 Å². The fourth-order valence-corrected chi connectivity index (χ4v) is 3.69. The molecule has 20 heavy (non-hydrogen) atoms. The molecule has 2 aromatic rings. The van der Waals surface area contributed by atoms with Gasteiger partial charge in [0.2, 0.25) is 10.0 Å². The molecule has 3 rings (SSSR count). The Morgan fingerprint density at radius 2 is 2.05 bits per heavy atom. The van der Waals surface area contributed by atoms with Crippen molar-refractivity contribution in [3.63, 3.8) is 0 Å². The van der Waals surface area contributed by atoms with Crippen molar-refractivity contribution in [3.8, 4) is 0 Å². The highest BCUT2D eigenvalue weighted by molar-refractivity contribution is 7.89. The van der Waals surface area contributed by atoms with Gasteiger partial charge in [0.1, 0.15) is 0 Å². The summed E-state index contributed by atoms with van der Waals surface area (Å²) in [5.41, 5.74) is 0.793. The minimum absolute atomic E-state index is 0.142. The van der Waals surface area contributed by atoms with E-state index in [1.807, 2.05) is 12.1 Å². The summed E-state index contributed by atoms with van der Waals surface area (Å²) < 4.78 is 22.8. The SMILES string of the molecule is NS(=O)(=O)c1cccc(NC(c2cccs2)C2CC2)c1. The van der Waals surface area contributed by atoms with Gasteiger partial charge in [-0.25, -0.2) is 13.6 Å². The zero-order chi connectivity index (χ0) is 14.2. The van der Waals surface area contributed by atoms with Crippen LogP contribution in [0, 0.1) is 5.92 Å². The second-order valence-electron chi connectivity index (χ2n) is 5.05. The lowest BCUT2D eigenvalue weighted by Gasteiger charge is -2.18. The van der Waals surface area contributed by atoms with Gasteiger partial charge in [-0.15, -0.1) is 11.3 Å². The summed E-state index contributed by atoms with van der Waals surface area (Å²) in [7, 11) is -3.66. The molecule has 6 heteroatoms. The molecule has 1 aliphatic rings. The molecule has 1 aliphatic carbocycles. The minimum Gasteiger partial charge on any atom is -0.377 e. The van der Waals surface area contributed by atoms with Crippen molar-refractivity contribution < 1.29 is 8.42 Å². The molecule has 1 heterocycles. The molecule has 0 spiro atoms. The van der Waals surface area contributed by atoms with Gasteiger partial charge < -0.3 is 5.32 Å². The standard InChI is InChI=1S/C14H16N2O2S2/c15-20(17,18)12-4-1-3-11(9-12)16-14(10-6-7-10)13-5-2-8-19-13/h1-5,8-10,14,16H,6-7H2,(H2,15,17,18). The summed E-state index contributed by atoms with van der Waals surface area (Å²) in [5, 5.41) is 10.7. The predicted octanol–water partition coefficient (Wildman–Crippen LogP) is 2.96. The van der Waals surface area contributed by atoms with E-state index in [1.165, 1.54) is 23.8 Å². The molecule has 3 N–H and O–H groups in total. The van der Waals surface area contributed by atoms with Crippen LogP contribution in [0.25, 0.3) is 0 Å². The van der Waals surface area contributed by atoms with Crippen molar-refractivity contribution in [1.29, 1.82) is 0 Å². The normalized spacial score (nSPS) is 16.9. The van der Waals surface area contributed by atoms with Gasteiger partial charge in [0.25, 0.3) is 0 Å². The first-order valence-corrected chi connectivity index (χ1v) is 8.89. The first-order chi connectivity index (χ1) is 9.54. The molecule has 0 saturated heterocycles. The average molecular weight is 308 g/mol. The quantitative estimate of drug-likeness (QED) is 0.892. The third kappa shape index (κ3) is 3.03. The Labute approximate surface area is 122 Å². The van der Waals surface area contributed by atoms with Crippen LogP contribution < -0.4 is 10.5 Å². The zero-order valence-corrected chi connectivity index (χ0v) is 12.5. The lowest BCUT2D eigenvalue weighted by atomic mass is 10.1. The minimum atomic E-state index is -3.66. The summed E-state index contributed by atoms with van der Waals surface area (Å²) >= 11 is 1.72. The number of nitrogens with one attached hydrogen (secondary N) is 1. The number of thiophene rings is 1. The maximum absolute atomic E-state index is 11.4. The first kappa shape index (κ1) is 13.6. The molecule has 0 amide bonds. The van der Waals surface area contributed by atoms with E-state index >= 15 is 0 Å². The molecular weight excluding hydrogens is 292 g/mol. The van der Waals surface area contributed by atoms with E-state index in [9.17, 15) is 8.42 Å². The maximum Gasteiger partial charge on any atom is 0.238 e. The summed E-state index contributed by atoms with van der Waals surface area (Å²) in [5.74, 6) is 0.631. The summed E-state index contributed by atoms with van der Waals surface area (Å²) in [6, 6.07) is 11.1. The lowest BCUT2D eigenvalue weighted by Crippen LogP contribution is -2.14. The zero-order valence-electron chi connectivity index (χ0n) is 10.8. The van der Waals surface area contributed by atoms with E-state index in [0.717, 1.165) is 5.69 Å². The van der Waals surface area contributed by atoms with E-state index in [-0.39, 0.29) is 10.9 Å². The molecule has 1 fully saturated rings. The van der Waals surface area contributed by atoms with Crippen LogP contribution >= 0.6 is 11.3 Å². The number of sulfonamides is 1. The van der Waals surface area contributed by atoms with Crippen LogP contribution in [0.4, 0.5) is 5.69 Å². The molecule has 0 radical (unpaired) electrons. The second-order valence-corrected chi connectivity index (χ2v) is 7.59. The van der Waals surface area contributed by atoms with Crippen LogP contribution in [0.5, 0.6) is 0 Å². The molecule has 1 atom stereocenters. The van der Waals surface area contributed by atoms with Crippen LogP contribution in [0.3, 0.4) is 0 Å². The average Bonchev–Trinajstić information content (AvgIpc) is 3.10. The number of benzene rings is 1. The molecule has 0 bridgehead atoms. The fourth-order valence-electron chi connectivity index (χ4n) is 2.26. The van der Waals surface area contributed by atoms with Gasteiger partial charge in [-0.05, 0) is 48.4 Å². The van der Waals surface area contributed by atoms with Gasteiger partial charge in [-0.3, -0.25) is 0 Å². The Kier molecular flexibility index (Phi) is 3.54. The molecule has 4 nitrogen and oxygen atoms in total. The third-order valence-electron chi connectivity index (χ3n) is 3.43. The lowest BCUT2D eigenvalue weighted by molar-refractivity contribution is 0.597. The van der Waals surface area contributed by atoms with Gasteiger partial charge in [0.15, 0.2) is 0 Å². The topological polar surface area (TPSA) is 72.2 Å². The van der Waals surface area contributed by atoms with Gasteiger partial charge in [-0.2, -0.15) is 0 Å². The third-order valence-corrected chi connectivity index (χ3v) is 5.29. The molecular formula is C14H16N2O2S2. The number of anilines is 1. The van der Waals surface area contributed by atoms with Crippen LogP contribution in [-0.2, 0) is 10.0 Å². The van der Waals surface area contributed by atoms with Crippen molar-refractivity contribution in [2.75, 3.05) is 5.32 Å². The first-order valence-electron chi connectivity index (χ1n) is 6.47. The number of rotatable bonds is 5. The van der Waals surface area contributed by atoms with Gasteiger partial charge in [0, 0.05) is 10.6 Å². The Hall–Kier alpha value is -1.37. The van der Waals surface area contributed by atoms with Crippen molar-refractivity contribution >= 4 is 27.0 Å². The van der Waals surface area contributed by atoms with E-state index in [2.05, 4.69) is 16.8 Å². The smallest absolute Gasteiger partial charge is 0.238 e. The molecule has 1 aromatic carbocycles. The molecule has 0 aliphatic heterocycles. The highest BCUT2D eigenvalue weighted by Gasteiger charge is 2.33. The Balaban J connectivity index is 1.86. The number of hydrogen-bond donors (Lipinski definition) is 2. The van der Waals surface area contributed by atoms with Gasteiger partial charge in [-0.1, -0.05) is 12.1 Å². The number of nitrogens with two attached hydrogens (primary N) is 1. The van der Waals surface area contributed by atoms with Crippen molar-refractivity contribution in [2.45, 2.75) is 23.8 Å². The predicted molar refractivity (Wildman–Crippen MR) is 81.2 cm³/mol. The second kappa shape index (κ2) is 5.20. The largest absolute Gasteiger partial charge is 0.377 e. The molecule has 106 valence electrons. The van der Waals surface area contributed by atoms with Gasteiger partial charge >= 0.3 is 0 Å². The summed E-state index contributed by atoms with van der Waals surface area (Å²) in [6.45, 7) is 0. The van der Waals surface area contributed by atoms with Gasteiger partial charge in [0.05, 0.1) is 10.9 Å². The Bertz CT molecular complexity index is 692. The maximum atomic E-state index is 11.4. The van der Waals surface area contributed by atoms with E-state index in [4.69, 9.17) is 5.14 Å². The van der Waals surface area contributed by atoms with Crippen LogP contribution in [0.15, 0.2) is 46.7 Å². The van der Waals surface area contributed by atoms with Crippen LogP contribution in [0.2, 0.25) is 0 Å². The number of primary sulfonamides is 1. The molecule has 1 unspecified atom stereocenters.